The first-order valence-electron chi connectivity index (χ1n) is 6.79. The number of aliphatic carboxylic acids is 1. The Bertz CT molecular complexity index is 459. The van der Waals surface area contributed by atoms with Crippen molar-refractivity contribution in [3.8, 4) is 5.75 Å². The van der Waals surface area contributed by atoms with Crippen molar-refractivity contribution in [2.45, 2.75) is 26.2 Å². The van der Waals surface area contributed by atoms with Crippen molar-refractivity contribution < 1.29 is 14.6 Å². The number of nitrogens with zero attached hydrogens (tertiary/aromatic N) is 1. The minimum atomic E-state index is -0.711. The molecule has 1 aliphatic rings. The molecule has 1 aliphatic heterocycles. The molecule has 1 atom stereocenters. The molecule has 1 aromatic rings. The van der Waals surface area contributed by atoms with Crippen LogP contribution in [0.4, 0.5) is 5.69 Å². The maximum atomic E-state index is 10.9. The lowest BCUT2D eigenvalue weighted by Gasteiger charge is -2.22. The molecule has 0 fully saturated rings. The van der Waals surface area contributed by atoms with Crippen molar-refractivity contribution in [1.29, 1.82) is 0 Å². The molecule has 1 heterocycles. The predicted octanol–water partition coefficient (Wildman–Crippen LogP) is 2.56. The van der Waals surface area contributed by atoms with E-state index in [4.69, 9.17) is 9.84 Å². The van der Waals surface area contributed by atoms with E-state index in [9.17, 15) is 4.79 Å². The maximum Gasteiger partial charge on any atom is 0.303 e. The Morgan fingerprint density at radius 1 is 1.53 bits per heavy atom. The van der Waals surface area contributed by atoms with Gasteiger partial charge in [-0.05, 0) is 37.3 Å². The molecule has 0 aliphatic carbocycles. The summed E-state index contributed by atoms with van der Waals surface area (Å²) in [5, 5.41) is 8.97. The van der Waals surface area contributed by atoms with E-state index >= 15 is 0 Å². The van der Waals surface area contributed by atoms with Gasteiger partial charge < -0.3 is 14.7 Å². The fourth-order valence-corrected chi connectivity index (χ4v) is 2.76. The number of hydrogen-bond acceptors (Lipinski definition) is 3. The minimum absolute atomic E-state index is 0.207. The van der Waals surface area contributed by atoms with Crippen LogP contribution in [0.3, 0.4) is 0 Å². The summed E-state index contributed by atoms with van der Waals surface area (Å²) in [4.78, 5) is 13.1. The molecular weight excluding hydrogens is 242 g/mol. The van der Waals surface area contributed by atoms with Crippen LogP contribution in [0, 0.1) is 5.92 Å². The lowest BCUT2D eigenvalue weighted by Crippen LogP contribution is -2.20. The number of carbonyl (C=O) groups is 1. The molecule has 0 saturated carbocycles. The smallest absolute Gasteiger partial charge is 0.303 e. The van der Waals surface area contributed by atoms with Crippen molar-refractivity contribution in [3.63, 3.8) is 0 Å². The van der Waals surface area contributed by atoms with Crippen LogP contribution >= 0.6 is 0 Å². The van der Waals surface area contributed by atoms with Gasteiger partial charge in [-0.25, -0.2) is 0 Å². The van der Waals surface area contributed by atoms with Gasteiger partial charge in [-0.1, -0.05) is 12.1 Å². The third-order valence-corrected chi connectivity index (χ3v) is 3.61. The molecule has 0 saturated heterocycles. The van der Waals surface area contributed by atoms with Crippen molar-refractivity contribution in [3.05, 3.63) is 23.8 Å². The molecule has 104 valence electrons. The molecule has 1 unspecified atom stereocenters. The summed E-state index contributed by atoms with van der Waals surface area (Å²) in [6.45, 7) is 3.49. The zero-order valence-electron chi connectivity index (χ0n) is 11.6. The highest BCUT2D eigenvalue weighted by molar-refractivity contribution is 5.68. The first-order valence-corrected chi connectivity index (χ1v) is 6.79. The highest BCUT2D eigenvalue weighted by Gasteiger charge is 2.23. The normalized spacial score (nSPS) is 18.6. The Labute approximate surface area is 114 Å². The summed E-state index contributed by atoms with van der Waals surface area (Å²) in [6.07, 6.45) is 1.96. The van der Waals surface area contributed by atoms with Crippen LogP contribution in [0.2, 0.25) is 0 Å². The molecule has 0 amide bonds. The lowest BCUT2D eigenvalue weighted by atomic mass is 9.94. The van der Waals surface area contributed by atoms with E-state index in [1.165, 1.54) is 5.56 Å². The van der Waals surface area contributed by atoms with E-state index in [-0.39, 0.29) is 12.3 Å². The van der Waals surface area contributed by atoms with Crippen LogP contribution in [0.5, 0.6) is 5.75 Å². The van der Waals surface area contributed by atoms with Crippen LogP contribution in [0.15, 0.2) is 18.2 Å². The number of hydrogen-bond donors (Lipinski definition) is 1. The Morgan fingerprint density at radius 2 is 2.32 bits per heavy atom. The zero-order chi connectivity index (χ0) is 13.8. The minimum Gasteiger partial charge on any atom is -0.492 e. The van der Waals surface area contributed by atoms with Gasteiger partial charge in [0, 0.05) is 20.0 Å². The summed E-state index contributed by atoms with van der Waals surface area (Å²) in [7, 11) is 2.05. The first kappa shape index (κ1) is 13.7. The van der Waals surface area contributed by atoms with Crippen LogP contribution in [-0.2, 0) is 11.2 Å². The van der Waals surface area contributed by atoms with E-state index in [2.05, 4.69) is 11.0 Å². The van der Waals surface area contributed by atoms with E-state index in [1.54, 1.807) is 0 Å². The molecule has 19 heavy (non-hydrogen) atoms. The maximum absolute atomic E-state index is 10.9. The molecular formula is C15H21NO3. The Kier molecular flexibility index (Phi) is 4.30. The van der Waals surface area contributed by atoms with Crippen LogP contribution in [0.25, 0.3) is 0 Å². The van der Waals surface area contributed by atoms with Gasteiger partial charge >= 0.3 is 5.97 Å². The summed E-state index contributed by atoms with van der Waals surface area (Å²) >= 11 is 0. The average molecular weight is 263 g/mol. The van der Waals surface area contributed by atoms with E-state index in [0.717, 1.165) is 30.8 Å². The van der Waals surface area contributed by atoms with Crippen LogP contribution in [0.1, 0.15) is 25.3 Å². The number of rotatable bonds is 4. The molecule has 2 rings (SSSR count). The average Bonchev–Trinajstić information content (AvgIpc) is 2.50. The van der Waals surface area contributed by atoms with Gasteiger partial charge in [-0.3, -0.25) is 4.79 Å². The second-order valence-electron chi connectivity index (χ2n) is 5.08. The monoisotopic (exact) mass is 263 g/mol. The second-order valence-corrected chi connectivity index (χ2v) is 5.08. The fraction of sp³-hybridized carbons (Fsp3) is 0.533. The highest BCUT2D eigenvalue weighted by atomic mass is 16.5. The topological polar surface area (TPSA) is 49.8 Å². The molecule has 1 aromatic carbocycles. The number of ether oxygens (including phenoxy) is 1. The molecule has 0 aromatic heterocycles. The van der Waals surface area contributed by atoms with E-state index in [0.29, 0.717) is 6.61 Å². The van der Waals surface area contributed by atoms with Crippen molar-refractivity contribution in [2.75, 3.05) is 25.1 Å². The summed E-state index contributed by atoms with van der Waals surface area (Å²) < 4.78 is 5.69. The van der Waals surface area contributed by atoms with E-state index < -0.39 is 5.97 Å². The van der Waals surface area contributed by atoms with Gasteiger partial charge in [0.05, 0.1) is 12.3 Å². The van der Waals surface area contributed by atoms with Gasteiger partial charge in [0.25, 0.3) is 0 Å². The molecule has 0 radical (unpaired) electrons. The zero-order valence-corrected chi connectivity index (χ0v) is 11.6. The molecule has 0 bridgehead atoms. The van der Waals surface area contributed by atoms with Gasteiger partial charge in [-0.15, -0.1) is 0 Å². The number of carboxylic acid groups (broad SMARTS) is 1. The number of benzene rings is 1. The summed E-state index contributed by atoms with van der Waals surface area (Å²) in [5.41, 5.74) is 2.31. The Hall–Kier alpha value is -1.71. The fourth-order valence-electron chi connectivity index (χ4n) is 2.76. The molecule has 4 nitrogen and oxygen atoms in total. The Balaban J connectivity index is 2.30. The quantitative estimate of drug-likeness (QED) is 0.907. The third-order valence-electron chi connectivity index (χ3n) is 3.61. The number of para-hydroxylation sites is 1. The number of anilines is 1. The standard InChI is InChI=1S/C15H21NO3/c1-3-19-13-6-4-5-12-9-11(10-14(17)18)7-8-16(2)15(12)13/h4-6,11H,3,7-10H2,1-2H3,(H,17,18). The van der Waals surface area contributed by atoms with Crippen LogP contribution < -0.4 is 9.64 Å². The Morgan fingerprint density at radius 3 is 3.00 bits per heavy atom. The summed E-state index contributed by atoms with van der Waals surface area (Å²) in [6, 6.07) is 6.05. The van der Waals surface area contributed by atoms with Gasteiger partial charge in [-0.2, -0.15) is 0 Å². The third kappa shape index (κ3) is 3.19. The van der Waals surface area contributed by atoms with Gasteiger partial charge in [0.15, 0.2) is 0 Å². The van der Waals surface area contributed by atoms with Crippen molar-refractivity contribution in [1.82, 2.24) is 0 Å². The highest BCUT2D eigenvalue weighted by Crippen LogP contribution is 2.36. The van der Waals surface area contributed by atoms with Crippen LogP contribution in [-0.4, -0.2) is 31.3 Å². The predicted molar refractivity (Wildman–Crippen MR) is 74.9 cm³/mol. The van der Waals surface area contributed by atoms with Gasteiger partial charge in [0.1, 0.15) is 5.75 Å². The lowest BCUT2D eigenvalue weighted by molar-refractivity contribution is -0.138. The second kappa shape index (κ2) is 5.95. The molecule has 0 spiro atoms. The van der Waals surface area contributed by atoms with E-state index in [1.807, 2.05) is 26.1 Å². The SMILES string of the molecule is CCOc1cccc2c1N(C)CCC(CC(=O)O)C2. The first-order chi connectivity index (χ1) is 9.11. The van der Waals surface area contributed by atoms with Gasteiger partial charge in [0.2, 0.25) is 0 Å². The molecule has 1 N–H and O–H groups in total. The largest absolute Gasteiger partial charge is 0.492 e. The van der Waals surface area contributed by atoms with Crippen molar-refractivity contribution in [2.24, 2.45) is 5.92 Å². The molecule has 4 heteroatoms. The number of carboxylic acids is 1. The van der Waals surface area contributed by atoms with Crippen molar-refractivity contribution >= 4 is 11.7 Å². The summed E-state index contributed by atoms with van der Waals surface area (Å²) in [5.74, 6) is 0.397. The number of fused-ring (bicyclic) bond motifs is 1.